The zero-order chi connectivity index (χ0) is 9.52. The van der Waals surface area contributed by atoms with Crippen molar-refractivity contribution >= 4 is 5.91 Å². The minimum atomic E-state index is 0.0190. The SMILES string of the molecule is C=CC(=O)N1CCNCCNCC1. The van der Waals surface area contributed by atoms with Crippen LogP contribution in [0.4, 0.5) is 0 Å². The summed E-state index contributed by atoms with van der Waals surface area (Å²) in [6.45, 7) is 8.68. The molecule has 0 aromatic carbocycles. The van der Waals surface area contributed by atoms with Crippen molar-refractivity contribution in [2.75, 3.05) is 39.3 Å². The molecule has 0 radical (unpaired) electrons. The molecule has 1 aliphatic heterocycles. The highest BCUT2D eigenvalue weighted by Gasteiger charge is 2.09. The summed E-state index contributed by atoms with van der Waals surface area (Å²) >= 11 is 0. The standard InChI is InChI=1S/C9H17N3O/c1-2-9(13)12-7-5-10-3-4-11-6-8-12/h2,10-11H,1,3-8H2. The van der Waals surface area contributed by atoms with Crippen LogP contribution in [0, 0.1) is 0 Å². The number of nitrogens with one attached hydrogen (secondary N) is 2. The summed E-state index contributed by atoms with van der Waals surface area (Å²) in [6, 6.07) is 0. The number of hydrogen-bond acceptors (Lipinski definition) is 3. The van der Waals surface area contributed by atoms with E-state index in [0.717, 1.165) is 39.3 Å². The molecule has 0 atom stereocenters. The molecule has 0 bridgehead atoms. The lowest BCUT2D eigenvalue weighted by Crippen LogP contribution is -2.37. The number of nitrogens with zero attached hydrogens (tertiary/aromatic N) is 1. The van der Waals surface area contributed by atoms with Crippen molar-refractivity contribution in [1.82, 2.24) is 15.5 Å². The van der Waals surface area contributed by atoms with Crippen LogP contribution in [0.3, 0.4) is 0 Å². The van der Waals surface area contributed by atoms with Gasteiger partial charge in [0, 0.05) is 39.3 Å². The normalized spacial score (nSPS) is 19.8. The van der Waals surface area contributed by atoms with E-state index < -0.39 is 0 Å². The highest BCUT2D eigenvalue weighted by Crippen LogP contribution is 1.90. The largest absolute Gasteiger partial charge is 0.337 e. The van der Waals surface area contributed by atoms with Gasteiger partial charge < -0.3 is 15.5 Å². The van der Waals surface area contributed by atoms with E-state index in [4.69, 9.17) is 0 Å². The summed E-state index contributed by atoms with van der Waals surface area (Å²) in [5.74, 6) is 0.0190. The van der Waals surface area contributed by atoms with Gasteiger partial charge in [0.15, 0.2) is 0 Å². The van der Waals surface area contributed by atoms with Crippen LogP contribution in [0.25, 0.3) is 0 Å². The van der Waals surface area contributed by atoms with Gasteiger partial charge >= 0.3 is 0 Å². The summed E-state index contributed by atoms with van der Waals surface area (Å²) in [6.07, 6.45) is 1.37. The van der Waals surface area contributed by atoms with Crippen molar-refractivity contribution in [2.45, 2.75) is 0 Å². The van der Waals surface area contributed by atoms with Crippen LogP contribution in [-0.2, 0) is 4.79 Å². The van der Waals surface area contributed by atoms with Gasteiger partial charge in [-0.1, -0.05) is 6.58 Å². The van der Waals surface area contributed by atoms with Crippen molar-refractivity contribution < 1.29 is 4.79 Å². The number of hydrogen-bond donors (Lipinski definition) is 2. The molecule has 0 aromatic heterocycles. The lowest BCUT2D eigenvalue weighted by atomic mass is 10.4. The Morgan fingerprint density at radius 2 is 1.69 bits per heavy atom. The first kappa shape index (κ1) is 10.2. The molecule has 0 aliphatic carbocycles. The van der Waals surface area contributed by atoms with Gasteiger partial charge in [-0.15, -0.1) is 0 Å². The molecule has 1 heterocycles. The highest BCUT2D eigenvalue weighted by molar-refractivity contribution is 5.86. The Kier molecular flexibility index (Phi) is 4.49. The van der Waals surface area contributed by atoms with Crippen LogP contribution in [0.5, 0.6) is 0 Å². The molecule has 0 aromatic rings. The fourth-order valence-corrected chi connectivity index (χ4v) is 1.32. The van der Waals surface area contributed by atoms with Gasteiger partial charge in [-0.3, -0.25) is 4.79 Å². The van der Waals surface area contributed by atoms with E-state index in [-0.39, 0.29) is 5.91 Å². The number of carbonyl (C=O) groups is 1. The van der Waals surface area contributed by atoms with Gasteiger partial charge in [-0.2, -0.15) is 0 Å². The Labute approximate surface area is 79.0 Å². The smallest absolute Gasteiger partial charge is 0.246 e. The molecule has 0 unspecified atom stereocenters. The predicted octanol–water partition coefficient (Wildman–Crippen LogP) is -0.806. The summed E-state index contributed by atoms with van der Waals surface area (Å²) in [5, 5.41) is 6.49. The minimum absolute atomic E-state index is 0.0190. The van der Waals surface area contributed by atoms with Crippen LogP contribution < -0.4 is 10.6 Å². The second-order valence-corrected chi connectivity index (χ2v) is 3.03. The van der Waals surface area contributed by atoms with Crippen molar-refractivity contribution in [2.24, 2.45) is 0 Å². The first-order chi connectivity index (χ1) is 6.34. The third kappa shape index (κ3) is 3.57. The molecule has 0 saturated carbocycles. The topological polar surface area (TPSA) is 44.4 Å². The molecule has 4 nitrogen and oxygen atoms in total. The van der Waals surface area contributed by atoms with E-state index in [1.807, 2.05) is 0 Å². The maximum atomic E-state index is 11.3. The number of rotatable bonds is 1. The molecule has 4 heteroatoms. The molecular weight excluding hydrogens is 166 g/mol. The highest BCUT2D eigenvalue weighted by atomic mass is 16.2. The summed E-state index contributed by atoms with van der Waals surface area (Å²) in [5.41, 5.74) is 0. The molecular formula is C9H17N3O. The van der Waals surface area contributed by atoms with Gasteiger partial charge in [0.1, 0.15) is 0 Å². The molecule has 0 spiro atoms. The van der Waals surface area contributed by atoms with Gasteiger partial charge in [0.2, 0.25) is 5.91 Å². The van der Waals surface area contributed by atoms with Crippen LogP contribution in [0.2, 0.25) is 0 Å². The maximum Gasteiger partial charge on any atom is 0.246 e. The van der Waals surface area contributed by atoms with E-state index in [9.17, 15) is 4.79 Å². The van der Waals surface area contributed by atoms with Crippen molar-refractivity contribution in [1.29, 1.82) is 0 Å². The van der Waals surface area contributed by atoms with Gasteiger partial charge in [0.05, 0.1) is 0 Å². The lowest BCUT2D eigenvalue weighted by Gasteiger charge is -2.19. The Balaban J connectivity index is 2.40. The summed E-state index contributed by atoms with van der Waals surface area (Å²) in [7, 11) is 0. The average molecular weight is 183 g/mol. The predicted molar refractivity (Wildman–Crippen MR) is 52.5 cm³/mol. The molecule has 74 valence electrons. The van der Waals surface area contributed by atoms with Crippen LogP contribution in [-0.4, -0.2) is 50.1 Å². The van der Waals surface area contributed by atoms with E-state index in [2.05, 4.69) is 17.2 Å². The molecule has 1 saturated heterocycles. The van der Waals surface area contributed by atoms with Crippen molar-refractivity contribution in [3.63, 3.8) is 0 Å². The van der Waals surface area contributed by atoms with Crippen molar-refractivity contribution in [3.05, 3.63) is 12.7 Å². The quantitative estimate of drug-likeness (QED) is 0.523. The van der Waals surface area contributed by atoms with Gasteiger partial charge in [-0.25, -0.2) is 0 Å². The second kappa shape index (κ2) is 5.72. The number of amides is 1. The summed E-state index contributed by atoms with van der Waals surface area (Å²) in [4.78, 5) is 13.1. The second-order valence-electron chi connectivity index (χ2n) is 3.03. The summed E-state index contributed by atoms with van der Waals surface area (Å²) < 4.78 is 0. The Morgan fingerprint density at radius 1 is 1.15 bits per heavy atom. The van der Waals surface area contributed by atoms with E-state index in [0.29, 0.717) is 0 Å². The molecule has 1 aliphatic rings. The fourth-order valence-electron chi connectivity index (χ4n) is 1.32. The van der Waals surface area contributed by atoms with Crippen molar-refractivity contribution in [3.8, 4) is 0 Å². The van der Waals surface area contributed by atoms with Crippen LogP contribution in [0.1, 0.15) is 0 Å². The van der Waals surface area contributed by atoms with E-state index in [1.165, 1.54) is 6.08 Å². The zero-order valence-electron chi connectivity index (χ0n) is 7.88. The molecule has 13 heavy (non-hydrogen) atoms. The minimum Gasteiger partial charge on any atom is -0.337 e. The zero-order valence-corrected chi connectivity index (χ0v) is 7.88. The van der Waals surface area contributed by atoms with E-state index in [1.54, 1.807) is 4.90 Å². The van der Waals surface area contributed by atoms with Crippen LogP contribution in [0.15, 0.2) is 12.7 Å². The van der Waals surface area contributed by atoms with Gasteiger partial charge in [0.25, 0.3) is 0 Å². The average Bonchev–Trinajstić information content (AvgIpc) is 2.29. The Hall–Kier alpha value is -0.870. The monoisotopic (exact) mass is 183 g/mol. The third-order valence-corrected chi connectivity index (χ3v) is 2.08. The lowest BCUT2D eigenvalue weighted by molar-refractivity contribution is -0.125. The van der Waals surface area contributed by atoms with Gasteiger partial charge in [-0.05, 0) is 6.08 Å². The third-order valence-electron chi connectivity index (χ3n) is 2.08. The molecule has 1 rings (SSSR count). The Bertz CT molecular complexity index is 172. The Morgan fingerprint density at radius 3 is 2.15 bits per heavy atom. The maximum absolute atomic E-state index is 11.3. The van der Waals surface area contributed by atoms with E-state index >= 15 is 0 Å². The molecule has 2 N–H and O–H groups in total. The number of carbonyl (C=O) groups excluding carboxylic acids is 1. The van der Waals surface area contributed by atoms with Crippen LogP contribution >= 0.6 is 0 Å². The first-order valence-electron chi connectivity index (χ1n) is 4.67. The molecule has 1 amide bonds. The molecule has 1 fully saturated rings. The first-order valence-corrected chi connectivity index (χ1v) is 4.67. The fraction of sp³-hybridized carbons (Fsp3) is 0.667.